The second-order valence-corrected chi connectivity index (χ2v) is 2.49. The van der Waals surface area contributed by atoms with Crippen molar-refractivity contribution in [2.24, 2.45) is 0 Å². The Labute approximate surface area is 82.7 Å². The van der Waals surface area contributed by atoms with Crippen molar-refractivity contribution >= 4 is 9.69 Å². The van der Waals surface area contributed by atoms with Crippen LogP contribution >= 0.6 is 9.69 Å². The van der Waals surface area contributed by atoms with E-state index in [4.69, 9.17) is 9.69 Å². The quantitative estimate of drug-likeness (QED) is 0.503. The summed E-state index contributed by atoms with van der Waals surface area (Å²) in [6.45, 7) is 4.38. The molecule has 0 bridgehead atoms. The van der Waals surface area contributed by atoms with Crippen LogP contribution in [0.5, 0.6) is 0 Å². The molecule has 1 rings (SSSR count). The molecule has 1 aromatic rings. The Kier molecular flexibility index (Phi) is 6.90. The van der Waals surface area contributed by atoms with Crippen LogP contribution < -0.4 is 0 Å². The van der Waals surface area contributed by atoms with Gasteiger partial charge in [-0.3, -0.25) is 0 Å². The Hall–Kier alpha value is 0.133. The summed E-state index contributed by atoms with van der Waals surface area (Å²) in [6, 6.07) is 11.1. The molecule has 1 aromatic carbocycles. The maximum atomic E-state index is 4.76. The molecule has 0 atom stereocenters. The molecular formula is C9H11ClZn. The van der Waals surface area contributed by atoms with E-state index < -0.39 is 0 Å². The van der Waals surface area contributed by atoms with Crippen LogP contribution in [0.4, 0.5) is 0 Å². The van der Waals surface area contributed by atoms with E-state index >= 15 is 0 Å². The van der Waals surface area contributed by atoms with Gasteiger partial charge >= 0.3 is 27.0 Å². The molecule has 0 aliphatic rings. The molecule has 0 N–H and O–H groups in total. The van der Waals surface area contributed by atoms with E-state index in [1.54, 1.807) is 0 Å². The summed E-state index contributed by atoms with van der Waals surface area (Å²) in [4.78, 5) is 0. The van der Waals surface area contributed by atoms with Gasteiger partial charge in [-0.05, 0) is 5.92 Å². The van der Waals surface area contributed by atoms with Gasteiger partial charge in [0.25, 0.3) is 0 Å². The van der Waals surface area contributed by atoms with Crippen LogP contribution in [-0.4, -0.2) is 0 Å². The number of halogens is 1. The molecule has 0 spiro atoms. The summed E-state index contributed by atoms with van der Waals surface area (Å²) in [6.07, 6.45) is 0. The van der Waals surface area contributed by atoms with Crippen LogP contribution in [0.15, 0.2) is 24.3 Å². The normalized spacial score (nSPS) is 8.91. The number of hydrogen-bond donors (Lipinski definition) is 0. The first-order chi connectivity index (χ1) is 5.30. The van der Waals surface area contributed by atoms with Crippen molar-refractivity contribution in [2.45, 2.75) is 19.8 Å². The Morgan fingerprint density at radius 2 is 1.73 bits per heavy atom. The average molecular weight is 220 g/mol. The molecule has 0 aliphatic carbocycles. The predicted octanol–water partition coefficient (Wildman–Crippen LogP) is 3.30. The second-order valence-electron chi connectivity index (χ2n) is 2.49. The predicted molar refractivity (Wildman–Crippen MR) is 45.2 cm³/mol. The third kappa shape index (κ3) is 4.55. The van der Waals surface area contributed by atoms with Gasteiger partial charge in [0, 0.05) is 0 Å². The fraction of sp³-hybridized carbons (Fsp3) is 0.333. The Morgan fingerprint density at radius 1 is 1.27 bits per heavy atom. The van der Waals surface area contributed by atoms with Crippen molar-refractivity contribution < 1.29 is 17.3 Å². The van der Waals surface area contributed by atoms with Crippen LogP contribution in [0, 0.1) is 6.07 Å². The molecular weight excluding hydrogens is 209 g/mol. The van der Waals surface area contributed by atoms with Gasteiger partial charge in [-0.1, -0.05) is 13.8 Å². The molecule has 0 aliphatic heterocycles. The van der Waals surface area contributed by atoms with Crippen LogP contribution in [-0.2, 0) is 17.3 Å². The molecule has 0 aromatic heterocycles. The van der Waals surface area contributed by atoms with Gasteiger partial charge in [0.15, 0.2) is 0 Å². The zero-order valence-corrected chi connectivity index (χ0v) is 10.7. The third-order valence-corrected chi connectivity index (χ3v) is 1.41. The van der Waals surface area contributed by atoms with Crippen LogP contribution in [0.1, 0.15) is 25.3 Å². The van der Waals surface area contributed by atoms with E-state index in [0.29, 0.717) is 5.92 Å². The van der Waals surface area contributed by atoms with Crippen LogP contribution in [0.2, 0.25) is 0 Å². The van der Waals surface area contributed by atoms with Gasteiger partial charge < -0.3 is 0 Å². The van der Waals surface area contributed by atoms with Crippen molar-refractivity contribution in [3.63, 3.8) is 0 Å². The van der Waals surface area contributed by atoms with E-state index in [2.05, 4.69) is 32.0 Å². The Morgan fingerprint density at radius 3 is 2.00 bits per heavy atom. The fourth-order valence-corrected chi connectivity index (χ4v) is 0.785. The monoisotopic (exact) mass is 218 g/mol. The van der Waals surface area contributed by atoms with E-state index in [0.717, 1.165) is 17.3 Å². The molecule has 0 saturated carbocycles. The molecule has 2 heteroatoms. The first-order valence-electron chi connectivity index (χ1n) is 3.53. The molecule has 56 valence electrons. The summed E-state index contributed by atoms with van der Waals surface area (Å²) in [5.74, 6) is 0.639. The van der Waals surface area contributed by atoms with Gasteiger partial charge in [-0.15, -0.1) is 0 Å². The molecule has 0 fully saturated rings. The topological polar surface area (TPSA) is 0 Å². The number of benzene rings is 1. The SMILES string of the molecule is CC(C)c1cc[c-]cc1.[Cl][Zn+]. The standard InChI is InChI=1S/C9H11.ClH.Zn/c1-8(2)9-6-4-3-5-7-9;;/h4-8H,1-2H3;1H;/q-1;;+2/p-1. The van der Waals surface area contributed by atoms with E-state index in [1.165, 1.54) is 5.56 Å². The zero-order valence-electron chi connectivity index (χ0n) is 6.97. The van der Waals surface area contributed by atoms with E-state index in [1.807, 2.05) is 12.1 Å². The minimum absolute atomic E-state index is 0.639. The van der Waals surface area contributed by atoms with E-state index in [9.17, 15) is 0 Å². The molecule has 0 amide bonds. The molecule has 0 nitrogen and oxygen atoms in total. The summed E-state index contributed by atoms with van der Waals surface area (Å²) in [5, 5.41) is 0. The van der Waals surface area contributed by atoms with Gasteiger partial charge in [-0.25, -0.2) is 0 Å². The van der Waals surface area contributed by atoms with Crippen molar-refractivity contribution in [2.75, 3.05) is 0 Å². The summed E-state index contributed by atoms with van der Waals surface area (Å²) < 4.78 is 0. The van der Waals surface area contributed by atoms with Gasteiger partial charge in [0.2, 0.25) is 0 Å². The number of hydrogen-bond acceptors (Lipinski definition) is 0. The molecule has 0 radical (unpaired) electrons. The Bertz CT molecular complexity index is 172. The summed E-state index contributed by atoms with van der Waals surface area (Å²) in [5.41, 5.74) is 1.38. The molecule has 0 unspecified atom stereocenters. The molecule has 0 saturated heterocycles. The average Bonchev–Trinajstić information content (AvgIpc) is 2.10. The van der Waals surface area contributed by atoms with Crippen LogP contribution in [0.3, 0.4) is 0 Å². The first-order valence-corrected chi connectivity index (χ1v) is 7.43. The first kappa shape index (κ1) is 11.1. The molecule has 0 heterocycles. The fourth-order valence-electron chi connectivity index (χ4n) is 0.785. The van der Waals surface area contributed by atoms with Crippen molar-refractivity contribution in [1.29, 1.82) is 0 Å². The zero-order chi connectivity index (χ0) is 8.69. The molecule has 11 heavy (non-hydrogen) atoms. The van der Waals surface area contributed by atoms with Gasteiger partial charge in [-0.2, -0.15) is 35.9 Å². The summed E-state index contributed by atoms with van der Waals surface area (Å²) >= 11 is 0.847. The Balaban J connectivity index is 0.000000461. The maximum absolute atomic E-state index is 4.76. The summed E-state index contributed by atoms with van der Waals surface area (Å²) in [7, 11) is 4.76. The number of rotatable bonds is 1. The van der Waals surface area contributed by atoms with Crippen molar-refractivity contribution in [1.82, 2.24) is 0 Å². The third-order valence-electron chi connectivity index (χ3n) is 1.41. The van der Waals surface area contributed by atoms with Gasteiger partial charge in [0.05, 0.1) is 0 Å². The minimum atomic E-state index is 0.639. The van der Waals surface area contributed by atoms with Crippen molar-refractivity contribution in [3.05, 3.63) is 35.9 Å². The second kappa shape index (κ2) is 6.82. The van der Waals surface area contributed by atoms with E-state index in [-0.39, 0.29) is 0 Å². The van der Waals surface area contributed by atoms with Crippen molar-refractivity contribution in [3.8, 4) is 0 Å². The van der Waals surface area contributed by atoms with Gasteiger partial charge in [0.1, 0.15) is 0 Å². The van der Waals surface area contributed by atoms with Crippen LogP contribution in [0.25, 0.3) is 0 Å².